The lowest BCUT2D eigenvalue weighted by atomic mass is 9.65. The molecule has 3 aromatic rings. The predicted molar refractivity (Wildman–Crippen MR) is 110 cm³/mol. The van der Waals surface area contributed by atoms with Crippen LogP contribution in [0.15, 0.2) is 78.9 Å². The van der Waals surface area contributed by atoms with Gasteiger partial charge in [0.15, 0.2) is 0 Å². The molecule has 2 aliphatic carbocycles. The number of hydrogen-bond acceptors (Lipinski definition) is 4. The Kier molecular flexibility index (Phi) is 3.28. The summed E-state index contributed by atoms with van der Waals surface area (Å²) < 4.78 is 0. The second kappa shape index (κ2) is 5.77. The van der Waals surface area contributed by atoms with E-state index in [2.05, 4.69) is 22.6 Å². The van der Waals surface area contributed by atoms with Gasteiger partial charge in [-0.1, -0.05) is 60.7 Å². The number of carbonyl (C=O) groups excluding carboxylic acids is 2. The third-order valence-corrected chi connectivity index (χ3v) is 6.74. The maximum absolute atomic E-state index is 13.8. The molecular weight excluding hydrogens is 362 g/mol. The number of rotatable bonds is 3. The van der Waals surface area contributed by atoms with Crippen LogP contribution in [-0.2, 0) is 15.0 Å². The van der Waals surface area contributed by atoms with Crippen LogP contribution in [0.3, 0.4) is 0 Å². The molecule has 2 amide bonds. The highest BCUT2D eigenvalue weighted by molar-refractivity contribution is 6.12. The van der Waals surface area contributed by atoms with Gasteiger partial charge in [-0.15, -0.1) is 0 Å². The molecule has 0 radical (unpaired) electrons. The molecule has 2 aromatic carbocycles. The number of hydrazine groups is 1. The maximum Gasteiger partial charge on any atom is 0.260 e. The van der Waals surface area contributed by atoms with Crippen LogP contribution in [0.4, 0.5) is 5.82 Å². The lowest BCUT2D eigenvalue weighted by molar-refractivity contribution is -0.139. The zero-order chi connectivity index (χ0) is 19.6. The van der Waals surface area contributed by atoms with E-state index in [-0.39, 0.29) is 29.6 Å². The number of carbonyl (C=O) groups is 2. The number of benzene rings is 2. The van der Waals surface area contributed by atoms with Crippen LogP contribution in [0, 0.1) is 17.8 Å². The molecule has 6 rings (SSSR count). The van der Waals surface area contributed by atoms with Crippen molar-refractivity contribution in [3.63, 3.8) is 0 Å². The predicted octanol–water partition coefficient (Wildman–Crippen LogP) is 3.69. The third-order valence-electron chi connectivity index (χ3n) is 6.74. The van der Waals surface area contributed by atoms with Crippen LogP contribution in [0.1, 0.15) is 12.0 Å². The number of aromatic nitrogens is 1. The second-order valence-corrected chi connectivity index (χ2v) is 8.08. The lowest BCUT2D eigenvalue weighted by Gasteiger charge is -2.33. The standard InChI is InChI=1S/C24H19N3O2/c28-22-21-16-10-12-18(14-16)24(21,17-7-2-1-3-8-17)23(29)27(22)26-20-13-11-15-6-4-5-9-19(15)25-20/h1-13,16,18,21H,14H2,(H,25,26). The molecule has 1 N–H and O–H groups in total. The monoisotopic (exact) mass is 381 g/mol. The average molecular weight is 381 g/mol. The van der Waals surface area contributed by atoms with E-state index in [9.17, 15) is 9.59 Å². The van der Waals surface area contributed by atoms with Crippen molar-refractivity contribution in [2.45, 2.75) is 11.8 Å². The number of nitrogens with one attached hydrogen (secondary N) is 1. The summed E-state index contributed by atoms with van der Waals surface area (Å²) in [4.78, 5) is 31.8. The van der Waals surface area contributed by atoms with Crippen molar-refractivity contribution in [1.82, 2.24) is 9.99 Å². The topological polar surface area (TPSA) is 62.3 Å². The van der Waals surface area contributed by atoms with E-state index in [0.717, 1.165) is 22.9 Å². The molecule has 1 saturated heterocycles. The van der Waals surface area contributed by atoms with Gasteiger partial charge in [0, 0.05) is 5.39 Å². The first kappa shape index (κ1) is 16.5. The van der Waals surface area contributed by atoms with Gasteiger partial charge >= 0.3 is 0 Å². The Hall–Kier alpha value is -3.47. The summed E-state index contributed by atoms with van der Waals surface area (Å²) in [6.07, 6.45) is 5.09. The number of amides is 2. The first-order valence-corrected chi connectivity index (χ1v) is 9.94. The first-order chi connectivity index (χ1) is 14.2. The third kappa shape index (κ3) is 2.07. The van der Waals surface area contributed by atoms with Gasteiger partial charge < -0.3 is 0 Å². The van der Waals surface area contributed by atoms with E-state index in [4.69, 9.17) is 0 Å². The lowest BCUT2D eigenvalue weighted by Crippen LogP contribution is -2.45. The summed E-state index contributed by atoms with van der Waals surface area (Å²) in [5, 5.41) is 2.22. The van der Waals surface area contributed by atoms with Gasteiger partial charge in [-0.05, 0) is 42.0 Å². The van der Waals surface area contributed by atoms with Crippen molar-refractivity contribution in [2.24, 2.45) is 17.8 Å². The van der Waals surface area contributed by atoms with E-state index in [1.54, 1.807) is 6.07 Å². The molecule has 4 unspecified atom stereocenters. The van der Waals surface area contributed by atoms with Crippen molar-refractivity contribution in [3.8, 4) is 0 Å². The number of allylic oxidation sites excluding steroid dienone is 2. The Balaban J connectivity index is 1.43. The number of imide groups is 1. The van der Waals surface area contributed by atoms with Crippen molar-refractivity contribution in [1.29, 1.82) is 0 Å². The van der Waals surface area contributed by atoms with Crippen LogP contribution in [-0.4, -0.2) is 21.8 Å². The zero-order valence-electron chi connectivity index (χ0n) is 15.7. The summed E-state index contributed by atoms with van der Waals surface area (Å²) in [6, 6.07) is 21.3. The number of pyridine rings is 1. The van der Waals surface area contributed by atoms with Crippen LogP contribution >= 0.6 is 0 Å². The fourth-order valence-corrected chi connectivity index (χ4v) is 5.55. The van der Waals surface area contributed by atoms with Gasteiger partial charge in [0.2, 0.25) is 0 Å². The quantitative estimate of drug-likeness (QED) is 0.555. The average Bonchev–Trinajstić information content (AvgIpc) is 3.43. The fraction of sp³-hybridized carbons (Fsp3) is 0.208. The molecule has 1 aromatic heterocycles. The molecule has 2 bridgehead atoms. The van der Waals surface area contributed by atoms with Crippen molar-refractivity contribution in [3.05, 3.63) is 84.4 Å². The number of fused-ring (bicyclic) bond motifs is 6. The van der Waals surface area contributed by atoms with Gasteiger partial charge in [0.1, 0.15) is 5.82 Å². The van der Waals surface area contributed by atoms with Crippen molar-refractivity contribution >= 4 is 28.5 Å². The molecule has 4 atom stereocenters. The zero-order valence-corrected chi connectivity index (χ0v) is 15.7. The number of para-hydroxylation sites is 1. The highest BCUT2D eigenvalue weighted by Gasteiger charge is 2.70. The smallest absolute Gasteiger partial charge is 0.260 e. The molecule has 2 fully saturated rings. The molecule has 5 nitrogen and oxygen atoms in total. The minimum absolute atomic E-state index is 0.0488. The number of nitrogens with zero attached hydrogens (tertiary/aromatic N) is 2. The summed E-state index contributed by atoms with van der Waals surface area (Å²) >= 11 is 0. The molecule has 142 valence electrons. The summed E-state index contributed by atoms with van der Waals surface area (Å²) in [5.41, 5.74) is 3.94. The molecule has 5 heteroatoms. The SMILES string of the molecule is O=C1C2C3C=CC(C3)C2(c2ccccc2)C(=O)N1Nc1ccc2ccccc2n1. The van der Waals surface area contributed by atoms with Crippen molar-refractivity contribution < 1.29 is 9.59 Å². The molecule has 2 heterocycles. The summed E-state index contributed by atoms with van der Waals surface area (Å²) in [5.74, 6) is -0.0499. The molecule has 1 saturated carbocycles. The number of hydrogen-bond donors (Lipinski definition) is 1. The Bertz CT molecular complexity index is 1190. The maximum atomic E-state index is 13.8. The first-order valence-electron chi connectivity index (χ1n) is 9.94. The van der Waals surface area contributed by atoms with Gasteiger partial charge in [0.25, 0.3) is 11.8 Å². The molecule has 3 aliphatic rings. The van der Waals surface area contributed by atoms with E-state index in [1.807, 2.05) is 60.7 Å². The minimum atomic E-state index is -0.818. The molecule has 1 aliphatic heterocycles. The number of anilines is 1. The van der Waals surface area contributed by atoms with Crippen molar-refractivity contribution in [2.75, 3.05) is 5.43 Å². The van der Waals surface area contributed by atoms with Crippen LogP contribution in [0.5, 0.6) is 0 Å². The largest absolute Gasteiger partial charge is 0.272 e. The Morgan fingerprint density at radius 1 is 0.931 bits per heavy atom. The summed E-state index contributed by atoms with van der Waals surface area (Å²) in [7, 11) is 0. The van der Waals surface area contributed by atoms with Gasteiger partial charge in [-0.2, -0.15) is 5.01 Å². The summed E-state index contributed by atoms with van der Waals surface area (Å²) in [6.45, 7) is 0. The van der Waals surface area contributed by atoms with E-state index < -0.39 is 5.41 Å². The molecule has 0 spiro atoms. The Labute approximate surface area is 168 Å². The fourth-order valence-electron chi connectivity index (χ4n) is 5.55. The Morgan fingerprint density at radius 2 is 1.72 bits per heavy atom. The van der Waals surface area contributed by atoms with Crippen LogP contribution < -0.4 is 5.43 Å². The van der Waals surface area contributed by atoms with E-state index in [1.165, 1.54) is 5.01 Å². The molecular formula is C24H19N3O2. The van der Waals surface area contributed by atoms with E-state index in [0.29, 0.717) is 5.82 Å². The van der Waals surface area contributed by atoms with E-state index >= 15 is 0 Å². The minimum Gasteiger partial charge on any atom is -0.272 e. The van der Waals surface area contributed by atoms with Crippen LogP contribution in [0.25, 0.3) is 10.9 Å². The Morgan fingerprint density at radius 3 is 2.59 bits per heavy atom. The highest BCUT2D eigenvalue weighted by atomic mass is 16.2. The van der Waals surface area contributed by atoms with Gasteiger partial charge in [0.05, 0.1) is 16.8 Å². The highest BCUT2D eigenvalue weighted by Crippen LogP contribution is 2.61. The van der Waals surface area contributed by atoms with Gasteiger partial charge in [-0.3, -0.25) is 15.0 Å². The van der Waals surface area contributed by atoms with Gasteiger partial charge in [-0.25, -0.2) is 4.98 Å². The normalized spacial score (nSPS) is 29.7. The second-order valence-electron chi connectivity index (χ2n) is 8.08. The van der Waals surface area contributed by atoms with Crippen LogP contribution in [0.2, 0.25) is 0 Å². The molecule has 29 heavy (non-hydrogen) atoms.